The molecule has 0 atom stereocenters. The fourth-order valence-electron chi connectivity index (χ4n) is 3.20. The van der Waals surface area contributed by atoms with Gasteiger partial charge in [-0.25, -0.2) is 4.99 Å². The SMILES string of the molecule is CCNC(=NCc1ccc(CN2CCOCC2)cc1)NCCCOCC1CC1. The van der Waals surface area contributed by atoms with Gasteiger partial charge in [0.15, 0.2) is 5.96 Å². The molecule has 1 saturated heterocycles. The molecular weight excluding hydrogens is 352 g/mol. The first kappa shape index (κ1) is 21.1. The number of aliphatic imine (C=N–C) groups is 1. The number of morpholine rings is 1. The Kier molecular flexibility index (Phi) is 9.07. The van der Waals surface area contributed by atoms with Gasteiger partial charge in [0.25, 0.3) is 0 Å². The largest absolute Gasteiger partial charge is 0.381 e. The van der Waals surface area contributed by atoms with Crippen molar-refractivity contribution in [2.24, 2.45) is 10.9 Å². The molecule has 0 spiro atoms. The third kappa shape index (κ3) is 8.17. The summed E-state index contributed by atoms with van der Waals surface area (Å²) in [6.45, 7) is 11.0. The number of benzene rings is 1. The lowest BCUT2D eigenvalue weighted by molar-refractivity contribution is 0.0342. The van der Waals surface area contributed by atoms with Gasteiger partial charge in [-0.2, -0.15) is 0 Å². The van der Waals surface area contributed by atoms with Crippen molar-refractivity contribution >= 4 is 5.96 Å². The van der Waals surface area contributed by atoms with Crippen LogP contribution in [0, 0.1) is 5.92 Å². The van der Waals surface area contributed by atoms with Gasteiger partial charge in [0, 0.05) is 45.9 Å². The zero-order valence-corrected chi connectivity index (χ0v) is 17.3. The number of rotatable bonds is 11. The van der Waals surface area contributed by atoms with Crippen LogP contribution in [0.3, 0.4) is 0 Å². The van der Waals surface area contributed by atoms with Crippen LogP contribution < -0.4 is 10.6 Å². The van der Waals surface area contributed by atoms with Gasteiger partial charge in [0.2, 0.25) is 0 Å². The first-order valence-electron chi connectivity index (χ1n) is 10.8. The van der Waals surface area contributed by atoms with E-state index in [0.717, 1.165) is 77.4 Å². The summed E-state index contributed by atoms with van der Waals surface area (Å²) in [5.74, 6) is 1.72. The van der Waals surface area contributed by atoms with Gasteiger partial charge in [0.05, 0.1) is 19.8 Å². The van der Waals surface area contributed by atoms with E-state index in [1.807, 2.05) is 0 Å². The van der Waals surface area contributed by atoms with Crippen molar-refractivity contribution in [1.82, 2.24) is 15.5 Å². The Morgan fingerprint density at radius 1 is 1.14 bits per heavy atom. The highest BCUT2D eigenvalue weighted by atomic mass is 16.5. The molecule has 2 fully saturated rings. The minimum Gasteiger partial charge on any atom is -0.381 e. The second-order valence-electron chi connectivity index (χ2n) is 7.70. The van der Waals surface area contributed by atoms with Crippen LogP contribution in [0.4, 0.5) is 0 Å². The molecule has 1 aromatic carbocycles. The Balaban J connectivity index is 1.37. The fourth-order valence-corrected chi connectivity index (χ4v) is 3.20. The van der Waals surface area contributed by atoms with Crippen molar-refractivity contribution in [1.29, 1.82) is 0 Å². The van der Waals surface area contributed by atoms with E-state index in [9.17, 15) is 0 Å². The quantitative estimate of drug-likeness (QED) is 0.346. The lowest BCUT2D eigenvalue weighted by atomic mass is 10.1. The lowest BCUT2D eigenvalue weighted by Crippen LogP contribution is -2.38. The minimum absolute atomic E-state index is 0.686. The molecule has 1 heterocycles. The Morgan fingerprint density at radius 3 is 2.61 bits per heavy atom. The molecule has 28 heavy (non-hydrogen) atoms. The van der Waals surface area contributed by atoms with E-state index >= 15 is 0 Å². The zero-order valence-electron chi connectivity index (χ0n) is 17.3. The van der Waals surface area contributed by atoms with Crippen LogP contribution in [0.5, 0.6) is 0 Å². The van der Waals surface area contributed by atoms with E-state index < -0.39 is 0 Å². The first-order chi connectivity index (χ1) is 13.8. The maximum atomic E-state index is 5.68. The molecular formula is C22H36N4O2. The van der Waals surface area contributed by atoms with Crippen molar-refractivity contribution < 1.29 is 9.47 Å². The first-order valence-corrected chi connectivity index (χ1v) is 10.8. The minimum atomic E-state index is 0.686. The average Bonchev–Trinajstić information content (AvgIpc) is 3.55. The van der Waals surface area contributed by atoms with E-state index in [1.165, 1.54) is 24.0 Å². The molecule has 2 N–H and O–H groups in total. The van der Waals surface area contributed by atoms with Gasteiger partial charge in [0.1, 0.15) is 0 Å². The summed E-state index contributed by atoms with van der Waals surface area (Å²) in [5, 5.41) is 6.72. The third-order valence-corrected chi connectivity index (χ3v) is 5.11. The summed E-state index contributed by atoms with van der Waals surface area (Å²) in [7, 11) is 0. The summed E-state index contributed by atoms with van der Waals surface area (Å²) in [6, 6.07) is 8.82. The molecule has 0 amide bonds. The van der Waals surface area contributed by atoms with Crippen molar-refractivity contribution in [2.45, 2.75) is 39.3 Å². The Bertz CT molecular complexity index is 581. The Hall–Kier alpha value is -1.63. The van der Waals surface area contributed by atoms with Crippen molar-refractivity contribution in [3.8, 4) is 0 Å². The van der Waals surface area contributed by atoms with E-state index in [1.54, 1.807) is 0 Å². The number of hydrogen-bond donors (Lipinski definition) is 2. The Labute approximate surface area is 169 Å². The van der Waals surface area contributed by atoms with E-state index in [-0.39, 0.29) is 0 Å². The molecule has 1 aliphatic heterocycles. The van der Waals surface area contributed by atoms with E-state index in [2.05, 4.69) is 46.7 Å². The molecule has 1 aromatic rings. The molecule has 0 aromatic heterocycles. The topological polar surface area (TPSA) is 58.1 Å². The summed E-state index contributed by atoms with van der Waals surface area (Å²) >= 11 is 0. The van der Waals surface area contributed by atoms with E-state index in [0.29, 0.717) is 6.54 Å². The number of hydrogen-bond acceptors (Lipinski definition) is 4. The van der Waals surface area contributed by atoms with Crippen LogP contribution in [0.1, 0.15) is 37.3 Å². The molecule has 1 aliphatic carbocycles. The van der Waals surface area contributed by atoms with Crippen LogP contribution >= 0.6 is 0 Å². The summed E-state index contributed by atoms with van der Waals surface area (Å²) in [6.07, 6.45) is 3.71. The number of ether oxygens (including phenoxy) is 2. The fraction of sp³-hybridized carbons (Fsp3) is 0.682. The van der Waals surface area contributed by atoms with Crippen molar-refractivity contribution in [2.75, 3.05) is 52.6 Å². The van der Waals surface area contributed by atoms with E-state index in [4.69, 9.17) is 14.5 Å². The standard InChI is InChI=1S/C22H36N4O2/c1-2-23-22(24-10-3-13-28-18-21-8-9-21)25-16-19-4-6-20(7-5-19)17-26-11-14-27-15-12-26/h4-7,21H,2-3,8-18H2,1H3,(H2,23,24,25). The van der Waals surface area contributed by atoms with Crippen molar-refractivity contribution in [3.05, 3.63) is 35.4 Å². The van der Waals surface area contributed by atoms with Crippen LogP contribution in [0.25, 0.3) is 0 Å². The number of guanidine groups is 1. The van der Waals surface area contributed by atoms with Crippen LogP contribution in [0.2, 0.25) is 0 Å². The second-order valence-corrected chi connectivity index (χ2v) is 7.70. The van der Waals surface area contributed by atoms with Crippen LogP contribution in [-0.4, -0.2) is 63.5 Å². The van der Waals surface area contributed by atoms with Gasteiger partial charge >= 0.3 is 0 Å². The van der Waals surface area contributed by atoms with Gasteiger partial charge in [-0.05, 0) is 43.2 Å². The highest BCUT2D eigenvalue weighted by Crippen LogP contribution is 2.28. The molecule has 156 valence electrons. The number of nitrogens with zero attached hydrogens (tertiary/aromatic N) is 2. The second kappa shape index (κ2) is 12.0. The lowest BCUT2D eigenvalue weighted by Gasteiger charge is -2.26. The highest BCUT2D eigenvalue weighted by molar-refractivity contribution is 5.79. The third-order valence-electron chi connectivity index (χ3n) is 5.11. The molecule has 6 heteroatoms. The molecule has 0 bridgehead atoms. The summed E-state index contributed by atoms with van der Waals surface area (Å²) in [4.78, 5) is 7.15. The molecule has 0 unspecified atom stereocenters. The molecule has 6 nitrogen and oxygen atoms in total. The predicted octanol–water partition coefficient (Wildman–Crippen LogP) is 2.39. The molecule has 3 rings (SSSR count). The predicted molar refractivity (Wildman–Crippen MR) is 114 cm³/mol. The maximum absolute atomic E-state index is 5.68. The summed E-state index contributed by atoms with van der Waals surface area (Å²) < 4.78 is 11.1. The zero-order chi connectivity index (χ0) is 19.4. The molecule has 1 saturated carbocycles. The van der Waals surface area contributed by atoms with Gasteiger partial charge in [-0.15, -0.1) is 0 Å². The van der Waals surface area contributed by atoms with Crippen LogP contribution in [0.15, 0.2) is 29.3 Å². The van der Waals surface area contributed by atoms with Gasteiger partial charge in [-0.3, -0.25) is 4.90 Å². The smallest absolute Gasteiger partial charge is 0.191 e. The highest BCUT2D eigenvalue weighted by Gasteiger charge is 2.20. The average molecular weight is 389 g/mol. The maximum Gasteiger partial charge on any atom is 0.191 e. The van der Waals surface area contributed by atoms with Crippen molar-refractivity contribution in [3.63, 3.8) is 0 Å². The molecule has 2 aliphatic rings. The number of nitrogens with one attached hydrogen (secondary N) is 2. The Morgan fingerprint density at radius 2 is 1.89 bits per heavy atom. The van der Waals surface area contributed by atoms with Gasteiger partial charge < -0.3 is 20.1 Å². The summed E-state index contributed by atoms with van der Waals surface area (Å²) in [5.41, 5.74) is 2.58. The monoisotopic (exact) mass is 388 g/mol. The molecule has 0 radical (unpaired) electrons. The van der Waals surface area contributed by atoms with Crippen LogP contribution in [-0.2, 0) is 22.6 Å². The normalized spacial score (nSPS) is 18.2. The van der Waals surface area contributed by atoms with Gasteiger partial charge in [-0.1, -0.05) is 24.3 Å².